The molecule has 2 aromatic heterocycles. The van der Waals surface area contributed by atoms with Gasteiger partial charge in [0.25, 0.3) is 5.91 Å². The summed E-state index contributed by atoms with van der Waals surface area (Å²) in [6.07, 6.45) is 2.46. The summed E-state index contributed by atoms with van der Waals surface area (Å²) < 4.78 is 5.28. The maximum absolute atomic E-state index is 12.3. The lowest BCUT2D eigenvalue weighted by atomic mass is 10.2. The molecule has 0 radical (unpaired) electrons. The lowest BCUT2D eigenvalue weighted by molar-refractivity contribution is -0.123. The van der Waals surface area contributed by atoms with Gasteiger partial charge in [-0.1, -0.05) is 30.3 Å². The summed E-state index contributed by atoms with van der Waals surface area (Å²) in [4.78, 5) is 33.2. The highest BCUT2D eigenvalue weighted by molar-refractivity contribution is 7.98. The molecule has 1 atom stereocenters. The molecular formula is C19H17N3O3S2. The highest BCUT2D eigenvalue weighted by Gasteiger charge is 2.22. The van der Waals surface area contributed by atoms with E-state index in [-0.39, 0.29) is 0 Å². The second-order valence-electron chi connectivity index (χ2n) is 5.50. The normalized spacial score (nSPS) is 11.6. The first-order valence-corrected chi connectivity index (χ1v) is 10.2. The van der Waals surface area contributed by atoms with Crippen molar-refractivity contribution >= 4 is 40.1 Å². The number of carbonyl (C=O) groups excluding carboxylic acids is 2. The van der Waals surface area contributed by atoms with Crippen molar-refractivity contribution < 1.29 is 14.3 Å². The Bertz CT molecular complexity index is 944. The molecule has 3 aromatic rings. The number of nitrogens with zero attached hydrogens (tertiary/aromatic N) is 2. The van der Waals surface area contributed by atoms with Crippen molar-refractivity contribution in [3.8, 4) is 11.3 Å². The molecule has 27 heavy (non-hydrogen) atoms. The number of hydrogen-bond acceptors (Lipinski definition) is 7. The Morgan fingerprint density at radius 1 is 1.19 bits per heavy atom. The average Bonchev–Trinajstić information content (AvgIpc) is 3.17. The van der Waals surface area contributed by atoms with Crippen molar-refractivity contribution in [3.05, 3.63) is 59.6 Å². The zero-order chi connectivity index (χ0) is 19.2. The topological polar surface area (TPSA) is 81.2 Å². The van der Waals surface area contributed by atoms with Crippen LogP contribution in [0.1, 0.15) is 17.3 Å². The molecule has 138 valence electrons. The summed E-state index contributed by atoms with van der Waals surface area (Å²) in [5.41, 5.74) is 2.08. The third-order valence-electron chi connectivity index (χ3n) is 3.64. The number of rotatable bonds is 6. The number of amides is 1. The zero-order valence-corrected chi connectivity index (χ0v) is 16.3. The Balaban J connectivity index is 1.63. The van der Waals surface area contributed by atoms with Gasteiger partial charge in [0.15, 0.2) is 11.2 Å². The minimum absolute atomic E-state index is 0.338. The predicted octanol–water partition coefficient (Wildman–Crippen LogP) is 4.11. The Morgan fingerprint density at radius 2 is 1.96 bits per heavy atom. The average molecular weight is 399 g/mol. The number of ether oxygens (including phenoxy) is 1. The van der Waals surface area contributed by atoms with E-state index in [9.17, 15) is 9.59 Å². The largest absolute Gasteiger partial charge is 0.449 e. The molecule has 3 rings (SSSR count). The van der Waals surface area contributed by atoms with Gasteiger partial charge in [0.1, 0.15) is 5.03 Å². The van der Waals surface area contributed by atoms with Gasteiger partial charge in [0, 0.05) is 17.1 Å². The number of thioether (sulfide) groups is 1. The van der Waals surface area contributed by atoms with E-state index in [0.29, 0.717) is 15.7 Å². The number of aromatic nitrogens is 2. The van der Waals surface area contributed by atoms with E-state index in [4.69, 9.17) is 4.74 Å². The summed E-state index contributed by atoms with van der Waals surface area (Å²) in [7, 11) is 0. The molecule has 0 aliphatic heterocycles. The van der Waals surface area contributed by atoms with Crippen LogP contribution in [0.3, 0.4) is 0 Å². The molecule has 8 heteroatoms. The standard InChI is InChI=1S/C19H17N3O3S2/c1-12(25-18(24)14-9-6-10-20-17(14)26-2)16(23)22-19-21-15(11-27-19)13-7-4-3-5-8-13/h3-12H,1-2H3,(H,21,22,23)/t12-/m1/s1. The molecule has 0 aliphatic carbocycles. The molecular weight excluding hydrogens is 382 g/mol. The molecule has 1 amide bonds. The summed E-state index contributed by atoms with van der Waals surface area (Å²) in [6, 6.07) is 13.0. The Labute approximate surface area is 165 Å². The molecule has 1 N–H and O–H groups in total. The van der Waals surface area contributed by atoms with Gasteiger partial charge in [0.2, 0.25) is 0 Å². The minimum atomic E-state index is -0.962. The number of thiazole rings is 1. The quantitative estimate of drug-likeness (QED) is 0.496. The van der Waals surface area contributed by atoms with Crippen LogP contribution in [0.4, 0.5) is 5.13 Å². The van der Waals surface area contributed by atoms with Crippen molar-refractivity contribution in [2.75, 3.05) is 11.6 Å². The summed E-state index contributed by atoms with van der Waals surface area (Å²) >= 11 is 2.66. The Hall–Kier alpha value is -2.71. The number of benzene rings is 1. The SMILES string of the molecule is CSc1ncccc1C(=O)O[C@H](C)C(=O)Nc1nc(-c2ccccc2)cs1. The number of anilines is 1. The van der Waals surface area contributed by atoms with Crippen LogP contribution in [-0.4, -0.2) is 34.2 Å². The molecule has 0 fully saturated rings. The minimum Gasteiger partial charge on any atom is -0.449 e. The molecule has 0 saturated carbocycles. The predicted molar refractivity (Wildman–Crippen MR) is 107 cm³/mol. The first-order valence-electron chi connectivity index (χ1n) is 8.10. The van der Waals surface area contributed by atoms with Crippen LogP contribution in [0, 0.1) is 0 Å². The summed E-state index contributed by atoms with van der Waals surface area (Å²) in [5.74, 6) is -1.02. The van der Waals surface area contributed by atoms with E-state index in [2.05, 4.69) is 15.3 Å². The van der Waals surface area contributed by atoms with Gasteiger partial charge < -0.3 is 4.74 Å². The Morgan fingerprint density at radius 3 is 2.70 bits per heavy atom. The van der Waals surface area contributed by atoms with Crippen molar-refractivity contribution in [1.29, 1.82) is 0 Å². The third kappa shape index (κ3) is 4.72. The second-order valence-corrected chi connectivity index (χ2v) is 7.15. The fourth-order valence-electron chi connectivity index (χ4n) is 2.27. The highest BCUT2D eigenvalue weighted by atomic mass is 32.2. The maximum Gasteiger partial charge on any atom is 0.341 e. The first kappa shape index (κ1) is 19.1. The van der Waals surface area contributed by atoms with Crippen molar-refractivity contribution in [1.82, 2.24) is 9.97 Å². The van der Waals surface area contributed by atoms with E-state index >= 15 is 0 Å². The summed E-state index contributed by atoms with van der Waals surface area (Å²) in [5, 5.41) is 5.56. The van der Waals surface area contributed by atoms with Crippen LogP contribution in [0.5, 0.6) is 0 Å². The lowest BCUT2D eigenvalue weighted by Crippen LogP contribution is -2.30. The molecule has 0 bridgehead atoms. The van der Waals surface area contributed by atoms with E-state index in [1.807, 2.05) is 42.0 Å². The van der Waals surface area contributed by atoms with E-state index < -0.39 is 18.0 Å². The molecule has 1 aromatic carbocycles. The third-order valence-corrected chi connectivity index (χ3v) is 5.11. The number of esters is 1. The molecule has 0 unspecified atom stereocenters. The van der Waals surface area contributed by atoms with Crippen LogP contribution < -0.4 is 5.32 Å². The van der Waals surface area contributed by atoms with Crippen LogP contribution >= 0.6 is 23.1 Å². The molecule has 2 heterocycles. The van der Waals surface area contributed by atoms with Crippen molar-refractivity contribution in [2.24, 2.45) is 0 Å². The van der Waals surface area contributed by atoms with Gasteiger partial charge in [-0.3, -0.25) is 10.1 Å². The smallest absolute Gasteiger partial charge is 0.341 e. The highest BCUT2D eigenvalue weighted by Crippen LogP contribution is 2.25. The molecule has 0 saturated heterocycles. The van der Waals surface area contributed by atoms with E-state index in [1.54, 1.807) is 18.3 Å². The number of pyridine rings is 1. The first-order chi connectivity index (χ1) is 13.1. The van der Waals surface area contributed by atoms with Crippen molar-refractivity contribution in [2.45, 2.75) is 18.1 Å². The molecule has 0 aliphatic rings. The maximum atomic E-state index is 12.3. The molecule has 6 nitrogen and oxygen atoms in total. The second kappa shape index (κ2) is 8.79. The number of carbonyl (C=O) groups is 2. The van der Waals surface area contributed by atoms with Crippen LogP contribution in [0.2, 0.25) is 0 Å². The Kier molecular flexibility index (Phi) is 6.20. The van der Waals surface area contributed by atoms with Crippen LogP contribution in [-0.2, 0) is 9.53 Å². The van der Waals surface area contributed by atoms with Gasteiger partial charge in [-0.2, -0.15) is 0 Å². The number of nitrogens with one attached hydrogen (secondary N) is 1. The van der Waals surface area contributed by atoms with Crippen LogP contribution in [0.15, 0.2) is 59.1 Å². The fourth-order valence-corrected chi connectivity index (χ4v) is 3.53. The number of hydrogen-bond donors (Lipinski definition) is 1. The monoisotopic (exact) mass is 399 g/mol. The van der Waals surface area contributed by atoms with Crippen molar-refractivity contribution in [3.63, 3.8) is 0 Å². The van der Waals surface area contributed by atoms with Gasteiger partial charge in [-0.25, -0.2) is 14.8 Å². The lowest BCUT2D eigenvalue weighted by Gasteiger charge is -2.13. The van der Waals surface area contributed by atoms with Gasteiger partial charge in [-0.15, -0.1) is 23.1 Å². The van der Waals surface area contributed by atoms with Gasteiger partial charge >= 0.3 is 5.97 Å². The fraction of sp³-hybridized carbons (Fsp3) is 0.158. The zero-order valence-electron chi connectivity index (χ0n) is 14.7. The van der Waals surface area contributed by atoms with E-state index in [0.717, 1.165) is 11.3 Å². The van der Waals surface area contributed by atoms with Gasteiger partial charge in [-0.05, 0) is 25.3 Å². The summed E-state index contributed by atoms with van der Waals surface area (Å²) in [6.45, 7) is 1.52. The van der Waals surface area contributed by atoms with E-state index in [1.165, 1.54) is 30.0 Å². The van der Waals surface area contributed by atoms with Gasteiger partial charge in [0.05, 0.1) is 11.3 Å². The van der Waals surface area contributed by atoms with Crippen LogP contribution in [0.25, 0.3) is 11.3 Å². The molecule has 0 spiro atoms.